The van der Waals surface area contributed by atoms with Gasteiger partial charge < -0.3 is 0 Å². The molecule has 0 aliphatic carbocycles. The average Bonchev–Trinajstić information content (AvgIpc) is 2.76. The number of hydrogen-bond acceptors (Lipinski definition) is 7. The van der Waals surface area contributed by atoms with Crippen molar-refractivity contribution in [2.75, 3.05) is 0 Å². The van der Waals surface area contributed by atoms with Gasteiger partial charge in [-0.1, -0.05) is 28.7 Å². The zero-order chi connectivity index (χ0) is 9.80. The highest BCUT2D eigenvalue weighted by Gasteiger charge is 2.11. The molecule has 0 fully saturated rings. The topological polar surface area (TPSA) is 96.0 Å². The van der Waals surface area contributed by atoms with Crippen LogP contribution < -0.4 is 0 Å². The van der Waals surface area contributed by atoms with E-state index < -0.39 is 0 Å². The number of rotatable bonds is 4. The lowest BCUT2D eigenvalue weighted by atomic mass is 10.9. The van der Waals surface area contributed by atoms with Gasteiger partial charge in [-0.25, -0.2) is 5.10 Å². The van der Waals surface area contributed by atoms with Crippen molar-refractivity contribution in [3.8, 4) is 0 Å². The molecule has 0 spiro atoms. The predicted molar refractivity (Wildman–Crippen MR) is 51.2 cm³/mol. The van der Waals surface area contributed by atoms with Crippen LogP contribution in [-0.4, -0.2) is 36.0 Å². The van der Waals surface area contributed by atoms with E-state index >= 15 is 0 Å². The Bertz CT molecular complexity index is 321. The van der Waals surface area contributed by atoms with Gasteiger partial charge >= 0.3 is 0 Å². The van der Waals surface area contributed by atoms with Crippen LogP contribution in [0.2, 0.25) is 0 Å². The van der Waals surface area contributed by atoms with Crippen molar-refractivity contribution in [3.63, 3.8) is 0 Å². The van der Waals surface area contributed by atoms with Crippen LogP contribution in [0.15, 0.2) is 16.4 Å². The first kappa shape index (κ1) is 9.46. The smallest absolute Gasteiger partial charge is 0.208 e. The van der Waals surface area contributed by atoms with Crippen LogP contribution in [0.4, 0.5) is 0 Å². The molecule has 0 aromatic carbocycles. The Hall–Kier alpha value is -1.09. The van der Waals surface area contributed by atoms with Gasteiger partial charge in [-0.2, -0.15) is 0 Å². The molecule has 0 amide bonds. The van der Waals surface area contributed by atoms with Gasteiger partial charge in [-0.15, -0.1) is 10.2 Å². The molecule has 0 saturated carbocycles. The summed E-state index contributed by atoms with van der Waals surface area (Å²) in [6.45, 7) is 1.96. The Morgan fingerprint density at radius 3 is 2.86 bits per heavy atom. The molecule has 0 aliphatic rings. The molecule has 0 bridgehead atoms. The van der Waals surface area contributed by atoms with Crippen molar-refractivity contribution in [2.24, 2.45) is 0 Å². The summed E-state index contributed by atoms with van der Waals surface area (Å²) in [5, 5.41) is 24.9. The van der Waals surface area contributed by atoms with Gasteiger partial charge in [0.2, 0.25) is 5.16 Å². The maximum Gasteiger partial charge on any atom is 0.208 e. The standard InChI is InChI=1S/C5H6N7S2/c1-3(13-4-2-6-10-7-4)14-5-8-11-12-9-5/h2H,1H3,(H,6,7,10)(H,8,9,11,12). The van der Waals surface area contributed by atoms with E-state index in [2.05, 4.69) is 36.0 Å². The molecule has 2 aromatic rings. The largest absolute Gasteiger partial charge is 0.264 e. The first-order chi connectivity index (χ1) is 6.84. The molecule has 9 heteroatoms. The molecule has 2 N–H and O–H groups in total. The lowest BCUT2D eigenvalue weighted by Crippen LogP contribution is -1.82. The third kappa shape index (κ3) is 2.45. The van der Waals surface area contributed by atoms with Crippen LogP contribution >= 0.6 is 23.5 Å². The highest BCUT2D eigenvalue weighted by molar-refractivity contribution is 8.20. The second-order valence-electron chi connectivity index (χ2n) is 2.21. The molecule has 2 heterocycles. The summed E-state index contributed by atoms with van der Waals surface area (Å²) in [6.07, 6.45) is 1.73. The van der Waals surface area contributed by atoms with Crippen LogP contribution in [-0.2, 0) is 0 Å². The second-order valence-corrected chi connectivity index (χ2v) is 4.91. The minimum atomic E-state index is 0.665. The predicted octanol–water partition coefficient (Wildman–Crippen LogP) is 0.712. The summed E-state index contributed by atoms with van der Waals surface area (Å²) in [4.78, 5) is 0. The van der Waals surface area contributed by atoms with Gasteiger partial charge in [0.15, 0.2) is 0 Å². The molecule has 1 radical (unpaired) electrons. The molecule has 0 atom stereocenters. The Balaban J connectivity index is 1.88. The summed E-state index contributed by atoms with van der Waals surface area (Å²) in [6, 6.07) is 0. The number of aromatic amines is 2. The minimum Gasteiger partial charge on any atom is -0.264 e. The summed E-state index contributed by atoms with van der Waals surface area (Å²) < 4.78 is 1.07. The highest BCUT2D eigenvalue weighted by atomic mass is 32.2. The van der Waals surface area contributed by atoms with E-state index in [0.29, 0.717) is 5.16 Å². The SMILES string of the molecule is C[C](Sc1c[nH]nn1)Sc1nnn[nH]1. The molecule has 2 aromatic heterocycles. The van der Waals surface area contributed by atoms with E-state index in [-0.39, 0.29) is 0 Å². The quantitative estimate of drug-likeness (QED) is 0.744. The van der Waals surface area contributed by atoms with Crippen molar-refractivity contribution in [1.29, 1.82) is 0 Å². The van der Waals surface area contributed by atoms with Crippen molar-refractivity contribution < 1.29 is 0 Å². The monoisotopic (exact) mass is 228 g/mol. The fourth-order valence-corrected chi connectivity index (χ4v) is 2.32. The number of nitrogens with zero attached hydrogens (tertiary/aromatic N) is 5. The van der Waals surface area contributed by atoms with Crippen LogP contribution in [0.25, 0.3) is 0 Å². The minimum absolute atomic E-state index is 0.665. The molecule has 0 aliphatic heterocycles. The summed E-state index contributed by atoms with van der Waals surface area (Å²) in [7, 11) is 0. The average molecular weight is 228 g/mol. The fourth-order valence-electron chi connectivity index (χ4n) is 0.739. The van der Waals surface area contributed by atoms with Crippen molar-refractivity contribution >= 4 is 23.5 Å². The van der Waals surface area contributed by atoms with Gasteiger partial charge in [0.05, 0.1) is 10.8 Å². The Morgan fingerprint density at radius 1 is 1.29 bits per heavy atom. The first-order valence-electron chi connectivity index (χ1n) is 3.64. The Kier molecular flexibility index (Phi) is 2.99. The number of thioether (sulfide) groups is 2. The number of nitrogens with one attached hydrogen (secondary N) is 2. The molecule has 73 valence electrons. The Labute approximate surface area is 87.8 Å². The van der Waals surface area contributed by atoms with E-state index in [4.69, 9.17) is 0 Å². The Morgan fingerprint density at radius 2 is 2.21 bits per heavy atom. The maximum absolute atomic E-state index is 3.85. The molecular weight excluding hydrogens is 222 g/mol. The number of tetrazole rings is 1. The number of hydrogen-bond donors (Lipinski definition) is 2. The third-order valence-electron chi connectivity index (χ3n) is 1.21. The van der Waals surface area contributed by atoms with Crippen LogP contribution in [0.5, 0.6) is 0 Å². The highest BCUT2D eigenvalue weighted by Crippen LogP contribution is 2.38. The van der Waals surface area contributed by atoms with Gasteiger partial charge in [0.25, 0.3) is 0 Å². The molecule has 14 heavy (non-hydrogen) atoms. The van der Waals surface area contributed by atoms with Crippen LogP contribution in [0.3, 0.4) is 0 Å². The third-order valence-corrected chi connectivity index (χ3v) is 3.06. The summed E-state index contributed by atoms with van der Waals surface area (Å²) in [5.41, 5.74) is 0. The van der Waals surface area contributed by atoms with E-state index in [1.54, 1.807) is 6.20 Å². The van der Waals surface area contributed by atoms with Gasteiger partial charge in [-0.3, -0.25) is 5.10 Å². The molecule has 0 unspecified atom stereocenters. The van der Waals surface area contributed by atoms with E-state index in [9.17, 15) is 0 Å². The van der Waals surface area contributed by atoms with Crippen molar-refractivity contribution in [1.82, 2.24) is 36.0 Å². The molecule has 2 rings (SSSR count). The molecule has 0 saturated heterocycles. The van der Waals surface area contributed by atoms with E-state index in [0.717, 1.165) is 9.61 Å². The van der Waals surface area contributed by atoms with Gasteiger partial charge in [-0.05, 0) is 17.4 Å². The van der Waals surface area contributed by atoms with E-state index in [1.165, 1.54) is 23.5 Å². The van der Waals surface area contributed by atoms with Gasteiger partial charge in [0, 0.05) is 0 Å². The zero-order valence-electron chi connectivity index (χ0n) is 7.13. The van der Waals surface area contributed by atoms with Gasteiger partial charge in [0.1, 0.15) is 5.03 Å². The molecule has 7 nitrogen and oxygen atoms in total. The maximum atomic E-state index is 3.85. The summed E-state index contributed by atoms with van der Waals surface area (Å²) in [5.74, 6) is 0. The zero-order valence-corrected chi connectivity index (χ0v) is 8.76. The summed E-state index contributed by atoms with van der Waals surface area (Å²) >= 11 is 2.96. The number of aromatic nitrogens is 7. The lowest BCUT2D eigenvalue weighted by molar-refractivity contribution is 0.881. The van der Waals surface area contributed by atoms with Crippen molar-refractivity contribution in [2.45, 2.75) is 17.1 Å². The first-order valence-corrected chi connectivity index (χ1v) is 5.27. The van der Waals surface area contributed by atoms with E-state index in [1.807, 2.05) is 6.92 Å². The van der Waals surface area contributed by atoms with Crippen LogP contribution in [0.1, 0.15) is 6.92 Å². The van der Waals surface area contributed by atoms with Crippen molar-refractivity contribution in [3.05, 3.63) is 10.8 Å². The lowest BCUT2D eigenvalue weighted by Gasteiger charge is -2.02. The normalized spacial score (nSPS) is 11.0. The number of H-pyrrole nitrogens is 2. The fraction of sp³-hybridized carbons (Fsp3) is 0.200. The molecular formula is C5H6N7S2. The second kappa shape index (κ2) is 4.42. The van der Waals surface area contributed by atoms with Crippen LogP contribution in [0, 0.1) is 4.58 Å².